The Labute approximate surface area is 175 Å². The van der Waals surface area contributed by atoms with Crippen LogP contribution in [-0.4, -0.2) is 10.9 Å². The Morgan fingerprint density at radius 3 is 2.70 bits per heavy atom. The monoisotopic (exact) mass is 426 g/mol. The number of carbonyl (C=O) groups is 1. The van der Waals surface area contributed by atoms with E-state index in [1.165, 1.54) is 23.5 Å². The predicted molar refractivity (Wildman–Crippen MR) is 108 cm³/mol. The normalized spacial score (nSPS) is 10.7. The van der Waals surface area contributed by atoms with Crippen LogP contribution in [0.2, 0.25) is 0 Å². The highest BCUT2D eigenvalue weighted by Gasteiger charge is 2.12. The van der Waals surface area contributed by atoms with Gasteiger partial charge in [-0.2, -0.15) is 0 Å². The van der Waals surface area contributed by atoms with Crippen molar-refractivity contribution in [2.24, 2.45) is 0 Å². The molecule has 0 aliphatic heterocycles. The summed E-state index contributed by atoms with van der Waals surface area (Å²) >= 11 is 1.35. The second-order valence-corrected chi connectivity index (χ2v) is 7.21. The van der Waals surface area contributed by atoms with Gasteiger partial charge in [-0.25, -0.2) is 13.8 Å². The van der Waals surface area contributed by atoms with Crippen molar-refractivity contribution in [2.75, 3.05) is 0 Å². The molecule has 0 spiro atoms. The number of aromatic nitrogens is 1. The lowest BCUT2D eigenvalue weighted by atomic mass is 10.2. The number of hydrogen-bond donors (Lipinski definition) is 1. The number of nitrogens with one attached hydrogen (secondary N) is 1. The van der Waals surface area contributed by atoms with Crippen LogP contribution in [-0.2, 0) is 13.2 Å². The van der Waals surface area contributed by atoms with Crippen LogP contribution in [0.5, 0.6) is 5.75 Å². The van der Waals surface area contributed by atoms with E-state index in [4.69, 9.17) is 9.15 Å². The molecule has 0 atom stereocenters. The SMILES string of the molecule is O=C(NCc1ccco1)c1csc(-c2ccc(OCc3ccc(F)cc3F)cc2)n1. The highest BCUT2D eigenvalue weighted by Crippen LogP contribution is 2.26. The minimum atomic E-state index is -0.646. The van der Waals surface area contributed by atoms with Gasteiger partial charge in [0.15, 0.2) is 0 Å². The molecule has 5 nitrogen and oxygen atoms in total. The summed E-state index contributed by atoms with van der Waals surface area (Å²) in [7, 11) is 0. The summed E-state index contributed by atoms with van der Waals surface area (Å²) in [5, 5.41) is 5.13. The number of amides is 1. The van der Waals surface area contributed by atoms with E-state index in [9.17, 15) is 13.6 Å². The Bertz CT molecular complexity index is 1140. The summed E-state index contributed by atoms with van der Waals surface area (Å²) in [6.45, 7) is 0.280. The molecule has 0 aliphatic rings. The molecule has 2 heterocycles. The van der Waals surface area contributed by atoms with Crippen LogP contribution in [0.4, 0.5) is 8.78 Å². The second-order valence-electron chi connectivity index (χ2n) is 6.35. The van der Waals surface area contributed by atoms with Crippen LogP contribution in [0, 0.1) is 11.6 Å². The molecule has 30 heavy (non-hydrogen) atoms. The van der Waals surface area contributed by atoms with E-state index in [0.29, 0.717) is 28.8 Å². The largest absolute Gasteiger partial charge is 0.489 e. The van der Waals surface area contributed by atoms with Crippen molar-refractivity contribution in [3.05, 3.63) is 94.9 Å². The van der Waals surface area contributed by atoms with Gasteiger partial charge >= 0.3 is 0 Å². The lowest BCUT2D eigenvalue weighted by Gasteiger charge is -2.07. The molecule has 4 aromatic rings. The van der Waals surface area contributed by atoms with E-state index in [1.807, 2.05) is 0 Å². The second kappa shape index (κ2) is 8.87. The van der Waals surface area contributed by atoms with E-state index in [0.717, 1.165) is 11.6 Å². The lowest BCUT2D eigenvalue weighted by molar-refractivity contribution is 0.0944. The first-order chi connectivity index (χ1) is 14.6. The molecule has 0 radical (unpaired) electrons. The zero-order valence-electron chi connectivity index (χ0n) is 15.6. The van der Waals surface area contributed by atoms with Crippen molar-refractivity contribution in [3.63, 3.8) is 0 Å². The molecular weight excluding hydrogens is 410 g/mol. The first-order valence-corrected chi connectivity index (χ1v) is 9.90. The maximum absolute atomic E-state index is 13.7. The molecule has 1 N–H and O–H groups in total. The lowest BCUT2D eigenvalue weighted by Crippen LogP contribution is -2.22. The van der Waals surface area contributed by atoms with Gasteiger partial charge in [-0.1, -0.05) is 0 Å². The third-order valence-corrected chi connectivity index (χ3v) is 5.14. The van der Waals surface area contributed by atoms with Crippen molar-refractivity contribution >= 4 is 17.2 Å². The van der Waals surface area contributed by atoms with Crippen LogP contribution in [0.25, 0.3) is 10.6 Å². The first-order valence-electron chi connectivity index (χ1n) is 9.02. The van der Waals surface area contributed by atoms with Crippen molar-refractivity contribution in [1.82, 2.24) is 10.3 Å². The number of halogens is 2. The molecule has 152 valence electrons. The average Bonchev–Trinajstić information content (AvgIpc) is 3.44. The van der Waals surface area contributed by atoms with Crippen molar-refractivity contribution in [1.29, 1.82) is 0 Å². The van der Waals surface area contributed by atoms with Crippen LogP contribution < -0.4 is 10.1 Å². The molecule has 2 aromatic heterocycles. The Hall–Kier alpha value is -3.52. The third-order valence-electron chi connectivity index (χ3n) is 4.25. The van der Waals surface area contributed by atoms with Crippen molar-refractivity contribution < 1.29 is 22.7 Å². The van der Waals surface area contributed by atoms with E-state index < -0.39 is 11.6 Å². The van der Waals surface area contributed by atoms with E-state index >= 15 is 0 Å². The fourth-order valence-electron chi connectivity index (χ4n) is 2.68. The summed E-state index contributed by atoms with van der Waals surface area (Å²) in [6, 6.07) is 14.0. The molecule has 0 saturated carbocycles. The number of hydrogen-bond acceptors (Lipinski definition) is 5. The van der Waals surface area contributed by atoms with Crippen molar-refractivity contribution in [2.45, 2.75) is 13.2 Å². The van der Waals surface area contributed by atoms with E-state index in [-0.39, 0.29) is 18.1 Å². The molecule has 0 saturated heterocycles. The maximum Gasteiger partial charge on any atom is 0.271 e. The smallest absolute Gasteiger partial charge is 0.271 e. The zero-order chi connectivity index (χ0) is 20.9. The summed E-state index contributed by atoms with van der Waals surface area (Å²) in [5.74, 6) is -0.356. The summed E-state index contributed by atoms with van der Waals surface area (Å²) in [5.41, 5.74) is 1.42. The van der Waals surface area contributed by atoms with Gasteiger partial charge in [0.25, 0.3) is 5.91 Å². The van der Waals surface area contributed by atoms with Gasteiger partial charge < -0.3 is 14.5 Å². The van der Waals surface area contributed by atoms with Gasteiger partial charge in [-0.15, -0.1) is 11.3 Å². The molecule has 2 aromatic carbocycles. The van der Waals surface area contributed by atoms with E-state index in [2.05, 4.69) is 10.3 Å². The van der Waals surface area contributed by atoms with Crippen LogP contribution >= 0.6 is 11.3 Å². The topological polar surface area (TPSA) is 64.4 Å². The third kappa shape index (κ3) is 4.72. The highest BCUT2D eigenvalue weighted by molar-refractivity contribution is 7.13. The Balaban J connectivity index is 1.36. The fourth-order valence-corrected chi connectivity index (χ4v) is 3.48. The molecule has 0 bridgehead atoms. The standard InChI is InChI=1S/C22H16F2N2O3S/c23-16-6-3-15(19(24)10-16)12-29-17-7-4-14(5-8-17)22-26-20(13-30-22)21(27)25-11-18-2-1-9-28-18/h1-10,13H,11-12H2,(H,25,27). The average molecular weight is 426 g/mol. The number of ether oxygens (including phenoxy) is 1. The van der Waals surface area contributed by atoms with Crippen LogP contribution in [0.3, 0.4) is 0 Å². The highest BCUT2D eigenvalue weighted by atomic mass is 32.1. The number of carbonyl (C=O) groups excluding carboxylic acids is 1. The number of nitrogens with zero attached hydrogens (tertiary/aromatic N) is 1. The maximum atomic E-state index is 13.7. The molecular formula is C22H16F2N2O3S. The summed E-state index contributed by atoms with van der Waals surface area (Å²) in [4.78, 5) is 16.6. The number of furan rings is 1. The van der Waals surface area contributed by atoms with Gasteiger partial charge in [0, 0.05) is 22.6 Å². The molecule has 4 rings (SSSR count). The molecule has 0 unspecified atom stereocenters. The molecule has 0 fully saturated rings. The molecule has 0 aliphatic carbocycles. The number of benzene rings is 2. The van der Waals surface area contributed by atoms with Crippen molar-refractivity contribution in [3.8, 4) is 16.3 Å². The van der Waals surface area contributed by atoms with Gasteiger partial charge in [-0.3, -0.25) is 4.79 Å². The van der Waals surface area contributed by atoms with Gasteiger partial charge in [0.1, 0.15) is 40.5 Å². The van der Waals surface area contributed by atoms with Crippen LogP contribution in [0.1, 0.15) is 21.8 Å². The number of rotatable bonds is 7. The zero-order valence-corrected chi connectivity index (χ0v) is 16.4. The minimum Gasteiger partial charge on any atom is -0.489 e. The minimum absolute atomic E-state index is 0.0112. The first kappa shape index (κ1) is 19.8. The summed E-state index contributed by atoms with van der Waals surface area (Å²) < 4.78 is 37.4. The van der Waals surface area contributed by atoms with Crippen LogP contribution in [0.15, 0.2) is 70.7 Å². The Morgan fingerprint density at radius 1 is 1.13 bits per heavy atom. The molecule has 8 heteroatoms. The Kier molecular flexibility index (Phi) is 5.85. The quantitative estimate of drug-likeness (QED) is 0.442. The van der Waals surface area contributed by atoms with E-state index in [1.54, 1.807) is 48.0 Å². The Morgan fingerprint density at radius 2 is 1.97 bits per heavy atom. The van der Waals surface area contributed by atoms with Gasteiger partial charge in [0.2, 0.25) is 0 Å². The van der Waals surface area contributed by atoms with Gasteiger partial charge in [-0.05, 0) is 48.5 Å². The fraction of sp³-hybridized carbons (Fsp3) is 0.0909. The molecule has 1 amide bonds. The summed E-state index contributed by atoms with van der Waals surface area (Å²) in [6.07, 6.45) is 1.55. The number of thiazole rings is 1. The van der Waals surface area contributed by atoms with Gasteiger partial charge in [0.05, 0.1) is 12.8 Å². The predicted octanol–water partition coefficient (Wildman–Crippen LogP) is 5.19.